The first kappa shape index (κ1) is 29.4. The van der Waals surface area contributed by atoms with Crippen molar-refractivity contribution in [1.29, 1.82) is 15.8 Å². The van der Waals surface area contributed by atoms with Gasteiger partial charge in [-0.1, -0.05) is 71.1 Å². The van der Waals surface area contributed by atoms with Crippen molar-refractivity contribution in [3.63, 3.8) is 0 Å². The molecule has 0 radical (unpaired) electrons. The van der Waals surface area contributed by atoms with Crippen LogP contribution < -0.4 is 0 Å². The number of nitriles is 3. The Morgan fingerprint density at radius 3 is 1.48 bits per heavy atom. The highest BCUT2D eigenvalue weighted by Gasteiger charge is 2.31. The van der Waals surface area contributed by atoms with E-state index in [1.807, 2.05) is 13.0 Å². The number of hydrogen-bond acceptors (Lipinski definition) is 5. The molecule has 7 heteroatoms. The van der Waals surface area contributed by atoms with Crippen LogP contribution in [0.4, 0.5) is 0 Å². The number of hydrogen-bond donors (Lipinski definition) is 0. The molecular weight excluding hydrogens is 408 g/mol. The first-order valence-electron chi connectivity index (χ1n) is 12.2. The zero-order valence-corrected chi connectivity index (χ0v) is 20.3. The molecule has 0 aromatic carbocycles. The molecule has 0 spiro atoms. The van der Waals surface area contributed by atoms with Crippen LogP contribution in [0.3, 0.4) is 0 Å². The Morgan fingerprint density at radius 1 is 0.677 bits per heavy atom. The Morgan fingerprint density at radius 2 is 1.10 bits per heavy atom. The average Bonchev–Trinajstić information content (AvgIpc) is 2.76. The molecule has 176 valence electrons. The smallest absolute Gasteiger partial charge is 0.211 e. The fourth-order valence-electron chi connectivity index (χ4n) is 3.61. The van der Waals surface area contributed by atoms with E-state index in [0.29, 0.717) is 32.4 Å². The Kier molecular flexibility index (Phi) is 19.2. The average molecular weight is 451 g/mol. The first-order valence-corrected chi connectivity index (χ1v) is 13.7. The van der Waals surface area contributed by atoms with Gasteiger partial charge in [0.1, 0.15) is 0 Å². The van der Waals surface area contributed by atoms with Gasteiger partial charge in [0.15, 0.2) is 5.25 Å². The summed E-state index contributed by atoms with van der Waals surface area (Å²) in [7, 11) is -3.59. The minimum atomic E-state index is -3.59. The van der Waals surface area contributed by atoms with Crippen molar-refractivity contribution in [2.45, 2.75) is 121 Å². The zero-order chi connectivity index (χ0) is 23.2. The van der Waals surface area contributed by atoms with Crippen molar-refractivity contribution >= 4 is 10.0 Å². The maximum absolute atomic E-state index is 13.1. The molecule has 0 saturated heterocycles. The summed E-state index contributed by atoms with van der Waals surface area (Å²) < 4.78 is 27.7. The molecule has 0 amide bonds. The van der Waals surface area contributed by atoms with Gasteiger partial charge < -0.3 is 0 Å². The van der Waals surface area contributed by atoms with Gasteiger partial charge in [0.25, 0.3) is 0 Å². The summed E-state index contributed by atoms with van der Waals surface area (Å²) in [5, 5.41) is 25.7. The van der Waals surface area contributed by atoms with Gasteiger partial charge in [-0.3, -0.25) is 0 Å². The Labute approximate surface area is 191 Å². The molecule has 0 saturated carbocycles. The lowest BCUT2D eigenvalue weighted by Gasteiger charge is -2.25. The van der Waals surface area contributed by atoms with Crippen LogP contribution in [0.1, 0.15) is 116 Å². The molecule has 0 fully saturated rings. The fourth-order valence-corrected chi connectivity index (χ4v) is 5.34. The molecule has 0 N–H and O–H groups in total. The Balaban J connectivity index is 4.56. The van der Waals surface area contributed by atoms with E-state index in [9.17, 15) is 13.7 Å². The SMILES string of the molecule is CCCCC(C#N)S(=O)(=O)N(CCCCCCCCC#N)CCCCCCCCC#N. The van der Waals surface area contributed by atoms with Gasteiger partial charge in [-0.25, -0.2) is 12.7 Å². The standard InChI is InChI=1S/C24H42N4O2S/c1-2-3-18-24(23-27)31(29,30)28(21-16-12-8-4-6-10-14-19-25)22-17-13-9-5-7-11-15-20-26/h24H,2-18,21-22H2,1H3. The van der Waals surface area contributed by atoms with Crippen LogP contribution in [-0.4, -0.2) is 31.1 Å². The maximum Gasteiger partial charge on any atom is 0.230 e. The van der Waals surface area contributed by atoms with E-state index in [1.54, 1.807) is 4.31 Å². The Hall–Kier alpha value is -1.62. The maximum atomic E-state index is 13.1. The topological polar surface area (TPSA) is 109 Å². The highest BCUT2D eigenvalue weighted by atomic mass is 32.2. The van der Waals surface area contributed by atoms with E-state index < -0.39 is 15.3 Å². The van der Waals surface area contributed by atoms with Crippen molar-refractivity contribution in [3.8, 4) is 18.2 Å². The van der Waals surface area contributed by atoms with E-state index in [0.717, 1.165) is 89.9 Å². The van der Waals surface area contributed by atoms with Crippen LogP contribution >= 0.6 is 0 Å². The van der Waals surface area contributed by atoms with Crippen LogP contribution in [0, 0.1) is 34.0 Å². The molecule has 6 nitrogen and oxygen atoms in total. The largest absolute Gasteiger partial charge is 0.230 e. The third-order valence-electron chi connectivity index (χ3n) is 5.58. The minimum absolute atomic E-state index is 0.406. The zero-order valence-electron chi connectivity index (χ0n) is 19.5. The van der Waals surface area contributed by atoms with Crippen molar-refractivity contribution in [2.24, 2.45) is 0 Å². The predicted molar refractivity (Wildman–Crippen MR) is 125 cm³/mol. The second-order valence-corrected chi connectivity index (χ2v) is 10.4. The second kappa shape index (κ2) is 20.3. The van der Waals surface area contributed by atoms with Crippen LogP contribution in [0.15, 0.2) is 0 Å². The van der Waals surface area contributed by atoms with Crippen LogP contribution in [0.2, 0.25) is 0 Å². The van der Waals surface area contributed by atoms with Gasteiger partial charge in [0, 0.05) is 25.9 Å². The van der Waals surface area contributed by atoms with Crippen LogP contribution in [-0.2, 0) is 10.0 Å². The molecule has 0 aliphatic carbocycles. The molecule has 0 heterocycles. The van der Waals surface area contributed by atoms with Gasteiger partial charge in [0.2, 0.25) is 10.0 Å². The monoisotopic (exact) mass is 450 g/mol. The second-order valence-electron chi connectivity index (χ2n) is 8.26. The van der Waals surface area contributed by atoms with Gasteiger partial charge in [-0.2, -0.15) is 15.8 Å². The van der Waals surface area contributed by atoms with Crippen molar-refractivity contribution in [3.05, 3.63) is 0 Å². The normalized spacial score (nSPS) is 12.2. The lowest BCUT2D eigenvalue weighted by molar-refractivity contribution is 0.379. The van der Waals surface area contributed by atoms with Crippen molar-refractivity contribution < 1.29 is 8.42 Å². The lowest BCUT2D eigenvalue weighted by Crippen LogP contribution is -2.39. The predicted octanol–water partition coefficient (Wildman–Crippen LogP) is 6.21. The molecule has 0 aliphatic rings. The number of sulfonamides is 1. The van der Waals surface area contributed by atoms with Crippen LogP contribution in [0.5, 0.6) is 0 Å². The molecule has 1 unspecified atom stereocenters. The lowest BCUT2D eigenvalue weighted by atomic mass is 10.1. The molecule has 0 aromatic rings. The van der Waals surface area contributed by atoms with E-state index in [-0.39, 0.29) is 0 Å². The summed E-state index contributed by atoms with van der Waals surface area (Å²) in [4.78, 5) is 0. The quantitative estimate of drug-likeness (QED) is 0.193. The summed E-state index contributed by atoms with van der Waals surface area (Å²) in [6, 6.07) is 6.36. The third-order valence-corrected chi connectivity index (χ3v) is 7.72. The summed E-state index contributed by atoms with van der Waals surface area (Å²) in [5.74, 6) is 0. The Bertz CT molecular complexity index is 629. The molecular formula is C24H42N4O2S. The first-order chi connectivity index (χ1) is 15.0. The summed E-state index contributed by atoms with van der Waals surface area (Å²) in [6.07, 6.45) is 15.1. The van der Waals surface area contributed by atoms with Gasteiger partial charge >= 0.3 is 0 Å². The molecule has 0 rings (SSSR count). The fraction of sp³-hybridized carbons (Fsp3) is 0.875. The van der Waals surface area contributed by atoms with Gasteiger partial charge in [-0.05, 0) is 32.1 Å². The minimum Gasteiger partial charge on any atom is -0.211 e. The summed E-state index contributed by atoms with van der Waals surface area (Å²) in [6.45, 7) is 2.99. The van der Waals surface area contributed by atoms with Crippen molar-refractivity contribution in [2.75, 3.05) is 13.1 Å². The van der Waals surface area contributed by atoms with E-state index in [1.165, 1.54) is 0 Å². The van der Waals surface area contributed by atoms with E-state index in [2.05, 4.69) is 12.1 Å². The summed E-state index contributed by atoms with van der Waals surface area (Å²) in [5.41, 5.74) is 0. The molecule has 1 atom stereocenters. The number of rotatable bonds is 21. The van der Waals surface area contributed by atoms with Crippen LogP contribution in [0.25, 0.3) is 0 Å². The molecule has 31 heavy (non-hydrogen) atoms. The van der Waals surface area contributed by atoms with E-state index >= 15 is 0 Å². The number of nitrogens with zero attached hydrogens (tertiary/aromatic N) is 4. The van der Waals surface area contributed by atoms with Gasteiger partial charge in [0.05, 0.1) is 18.2 Å². The third kappa shape index (κ3) is 14.9. The highest BCUT2D eigenvalue weighted by Crippen LogP contribution is 2.18. The van der Waals surface area contributed by atoms with Gasteiger partial charge in [-0.15, -0.1) is 0 Å². The number of unbranched alkanes of at least 4 members (excludes halogenated alkanes) is 13. The molecule has 0 bridgehead atoms. The van der Waals surface area contributed by atoms with E-state index in [4.69, 9.17) is 10.5 Å². The van der Waals surface area contributed by atoms with Crippen molar-refractivity contribution in [1.82, 2.24) is 4.31 Å². The molecule has 0 aliphatic heterocycles. The molecule has 0 aromatic heterocycles. The highest BCUT2D eigenvalue weighted by molar-refractivity contribution is 7.90. The summed E-state index contributed by atoms with van der Waals surface area (Å²) >= 11 is 0.